The van der Waals surface area contributed by atoms with E-state index < -0.39 is 4.92 Å². The van der Waals surface area contributed by atoms with Crippen LogP contribution in [0.15, 0.2) is 4.52 Å². The van der Waals surface area contributed by atoms with Crippen molar-refractivity contribution in [2.75, 3.05) is 0 Å². The summed E-state index contributed by atoms with van der Waals surface area (Å²) in [7, 11) is 0. The van der Waals surface area contributed by atoms with Gasteiger partial charge in [0.15, 0.2) is 5.69 Å². The van der Waals surface area contributed by atoms with Gasteiger partial charge in [0.1, 0.15) is 0 Å². The predicted molar refractivity (Wildman–Crippen MR) is 33.7 cm³/mol. The molecule has 0 aliphatic rings. The van der Waals surface area contributed by atoms with Gasteiger partial charge in [-0.2, -0.15) is 0 Å². The zero-order valence-electron chi connectivity index (χ0n) is 7.62. The van der Waals surface area contributed by atoms with E-state index in [4.69, 9.17) is 0 Å². The van der Waals surface area contributed by atoms with Gasteiger partial charge in [-0.1, -0.05) is 5.16 Å². The Balaban J connectivity index is 0. The van der Waals surface area contributed by atoms with Crippen molar-refractivity contribution in [3.63, 3.8) is 0 Å². The number of rotatable bonds is 1. The smallest absolute Gasteiger partial charge is 1.00 e. The molecule has 0 unspecified atom stereocenters. The molecule has 0 saturated heterocycles. The SMILES string of the molecule is Cc1noc(C)c1[N+](=O)[O-].[H-].[Na+]. The third kappa shape index (κ3) is 2.02. The van der Waals surface area contributed by atoms with E-state index in [1.54, 1.807) is 0 Å². The summed E-state index contributed by atoms with van der Waals surface area (Å²) in [5.41, 5.74) is 0.294. The quantitative estimate of drug-likeness (QED) is 0.284. The van der Waals surface area contributed by atoms with Crippen molar-refractivity contribution >= 4 is 5.69 Å². The second-order valence-corrected chi connectivity index (χ2v) is 1.93. The van der Waals surface area contributed by atoms with Crippen LogP contribution in [0, 0.1) is 24.0 Å². The maximum absolute atomic E-state index is 10.2. The molecule has 1 heterocycles. The minimum atomic E-state index is -0.499. The summed E-state index contributed by atoms with van der Waals surface area (Å²) in [4.78, 5) is 9.71. The molecule has 6 heteroatoms. The van der Waals surface area contributed by atoms with E-state index in [2.05, 4.69) is 9.68 Å². The van der Waals surface area contributed by atoms with E-state index in [9.17, 15) is 10.1 Å². The monoisotopic (exact) mass is 166 g/mol. The summed E-state index contributed by atoms with van der Waals surface area (Å²) in [6.07, 6.45) is 0. The molecule has 0 spiro atoms. The second kappa shape index (κ2) is 3.85. The molecule has 0 radical (unpaired) electrons. The second-order valence-electron chi connectivity index (χ2n) is 1.93. The maximum Gasteiger partial charge on any atom is 1.00 e. The predicted octanol–water partition coefficient (Wildman–Crippen LogP) is -1.68. The standard InChI is InChI=1S/C5H6N2O3.Na.H/c1-3-5(7(8)9)4(2)10-6-3;;/h1-2H3;;/q;+1;-1. The Labute approximate surface area is 86.7 Å². The van der Waals surface area contributed by atoms with Crippen LogP contribution in [-0.4, -0.2) is 10.1 Å². The minimum Gasteiger partial charge on any atom is -1.00 e. The molecule has 11 heavy (non-hydrogen) atoms. The van der Waals surface area contributed by atoms with Crippen molar-refractivity contribution in [1.29, 1.82) is 0 Å². The number of aryl methyl sites for hydroxylation is 2. The number of nitro groups is 1. The molecule has 0 aliphatic carbocycles. The van der Waals surface area contributed by atoms with E-state index in [1.807, 2.05) is 0 Å². The Kier molecular flexibility index (Phi) is 3.71. The summed E-state index contributed by atoms with van der Waals surface area (Å²) < 4.78 is 4.56. The normalized spacial score (nSPS) is 8.91. The number of hydrogen-bond acceptors (Lipinski definition) is 4. The molecular weight excluding hydrogens is 159 g/mol. The molecule has 56 valence electrons. The summed E-state index contributed by atoms with van der Waals surface area (Å²) in [6, 6.07) is 0. The van der Waals surface area contributed by atoms with Gasteiger partial charge in [-0.15, -0.1) is 0 Å². The average molecular weight is 166 g/mol. The summed E-state index contributed by atoms with van der Waals surface area (Å²) in [5, 5.41) is 13.6. The van der Waals surface area contributed by atoms with E-state index in [-0.39, 0.29) is 42.4 Å². The van der Waals surface area contributed by atoms with E-state index in [1.165, 1.54) is 13.8 Å². The molecule has 0 amide bonds. The van der Waals surface area contributed by atoms with Gasteiger partial charge in [0.25, 0.3) is 0 Å². The van der Waals surface area contributed by atoms with Crippen LogP contribution in [0.25, 0.3) is 0 Å². The molecule has 1 aromatic rings. The Hall–Kier alpha value is -0.390. The van der Waals surface area contributed by atoms with Crippen LogP contribution in [0.2, 0.25) is 0 Å². The molecule has 0 atom stereocenters. The fourth-order valence-electron chi connectivity index (χ4n) is 0.739. The van der Waals surface area contributed by atoms with Crippen LogP contribution in [0.3, 0.4) is 0 Å². The largest absolute Gasteiger partial charge is 1.00 e. The number of nitrogens with zero attached hydrogens (tertiary/aromatic N) is 2. The molecule has 1 rings (SSSR count). The van der Waals surface area contributed by atoms with Crippen LogP contribution in [0.5, 0.6) is 0 Å². The Morgan fingerprint density at radius 3 is 2.36 bits per heavy atom. The zero-order chi connectivity index (χ0) is 7.72. The van der Waals surface area contributed by atoms with Gasteiger partial charge in [0.05, 0.1) is 4.92 Å². The molecule has 0 aliphatic heterocycles. The minimum absolute atomic E-state index is 0. The Morgan fingerprint density at radius 1 is 1.64 bits per heavy atom. The van der Waals surface area contributed by atoms with Gasteiger partial charge >= 0.3 is 35.2 Å². The van der Waals surface area contributed by atoms with Crippen molar-refractivity contribution in [2.24, 2.45) is 0 Å². The molecule has 1 aromatic heterocycles. The van der Waals surface area contributed by atoms with Crippen molar-refractivity contribution in [2.45, 2.75) is 13.8 Å². The van der Waals surface area contributed by atoms with Crippen LogP contribution in [0.1, 0.15) is 12.9 Å². The zero-order valence-corrected chi connectivity index (χ0v) is 8.62. The van der Waals surface area contributed by atoms with Crippen molar-refractivity contribution in [3.05, 3.63) is 21.6 Å². The van der Waals surface area contributed by atoms with Crippen LogP contribution in [0.4, 0.5) is 5.69 Å². The summed E-state index contributed by atoms with van der Waals surface area (Å²) in [5.74, 6) is 0.252. The molecule has 0 saturated carbocycles. The first kappa shape index (κ1) is 10.6. The van der Waals surface area contributed by atoms with Gasteiger partial charge in [-0.05, 0) is 6.92 Å². The topological polar surface area (TPSA) is 69.2 Å². The van der Waals surface area contributed by atoms with Gasteiger partial charge in [-0.3, -0.25) is 10.1 Å². The third-order valence-electron chi connectivity index (χ3n) is 1.18. The van der Waals surface area contributed by atoms with Gasteiger partial charge in [-0.25, -0.2) is 0 Å². The molecule has 0 aromatic carbocycles. The van der Waals surface area contributed by atoms with E-state index in [0.717, 1.165) is 0 Å². The van der Waals surface area contributed by atoms with Crippen molar-refractivity contribution < 1.29 is 40.4 Å². The van der Waals surface area contributed by atoms with Gasteiger partial charge < -0.3 is 5.95 Å². The Bertz CT molecular complexity index is 256. The van der Waals surface area contributed by atoms with Crippen molar-refractivity contribution in [1.82, 2.24) is 5.16 Å². The van der Waals surface area contributed by atoms with Crippen LogP contribution < -0.4 is 29.6 Å². The summed E-state index contributed by atoms with van der Waals surface area (Å²) >= 11 is 0. The number of hydrogen-bond donors (Lipinski definition) is 0. The average Bonchev–Trinajstić information content (AvgIpc) is 2.11. The number of aromatic nitrogens is 1. The Morgan fingerprint density at radius 2 is 2.18 bits per heavy atom. The van der Waals surface area contributed by atoms with Crippen LogP contribution >= 0.6 is 0 Å². The summed E-state index contributed by atoms with van der Waals surface area (Å²) in [6.45, 7) is 3.05. The first-order valence-corrected chi connectivity index (χ1v) is 2.70. The van der Waals surface area contributed by atoms with Gasteiger partial charge in [0.2, 0.25) is 5.76 Å². The molecule has 0 fully saturated rings. The van der Waals surface area contributed by atoms with E-state index in [0.29, 0.717) is 5.69 Å². The van der Waals surface area contributed by atoms with Crippen LogP contribution in [-0.2, 0) is 0 Å². The molecule has 5 nitrogen and oxygen atoms in total. The van der Waals surface area contributed by atoms with Crippen molar-refractivity contribution in [3.8, 4) is 0 Å². The first-order chi connectivity index (χ1) is 4.63. The fraction of sp³-hybridized carbons (Fsp3) is 0.400. The van der Waals surface area contributed by atoms with Gasteiger partial charge in [0, 0.05) is 6.92 Å². The molecule has 0 bridgehead atoms. The van der Waals surface area contributed by atoms with E-state index >= 15 is 0 Å². The molecule has 0 N–H and O–H groups in total. The fourth-order valence-corrected chi connectivity index (χ4v) is 0.739. The molecular formula is C5H7N2NaO3. The first-order valence-electron chi connectivity index (χ1n) is 2.70. The third-order valence-corrected chi connectivity index (χ3v) is 1.18. The maximum atomic E-state index is 10.2.